The summed E-state index contributed by atoms with van der Waals surface area (Å²) < 4.78 is 5.62. The van der Waals surface area contributed by atoms with Crippen LogP contribution in [-0.4, -0.2) is 43.3 Å². The number of aromatic nitrogens is 1. The van der Waals surface area contributed by atoms with Gasteiger partial charge in [0.1, 0.15) is 5.15 Å². The van der Waals surface area contributed by atoms with Crippen LogP contribution < -0.4 is 10.6 Å². The third-order valence-electron chi connectivity index (χ3n) is 3.58. The molecular weight excluding hydrogens is 300 g/mol. The van der Waals surface area contributed by atoms with E-state index in [9.17, 15) is 0 Å². The lowest BCUT2D eigenvalue weighted by molar-refractivity contribution is 0.106. The lowest BCUT2D eigenvalue weighted by Gasteiger charge is -2.12. The highest BCUT2D eigenvalue weighted by molar-refractivity contribution is 6.29. The molecule has 1 aliphatic heterocycles. The van der Waals surface area contributed by atoms with Crippen molar-refractivity contribution in [2.45, 2.75) is 38.7 Å². The smallest absolute Gasteiger partial charge is 0.191 e. The molecule has 0 aliphatic carbocycles. The maximum Gasteiger partial charge on any atom is 0.191 e. The molecule has 2 rings (SSSR count). The summed E-state index contributed by atoms with van der Waals surface area (Å²) in [6, 6.07) is 3.82. The van der Waals surface area contributed by atoms with E-state index in [0.29, 0.717) is 11.3 Å². The number of rotatable bonds is 7. The first-order chi connectivity index (χ1) is 10.8. The van der Waals surface area contributed by atoms with Gasteiger partial charge < -0.3 is 15.4 Å². The molecule has 0 saturated carbocycles. The Kier molecular flexibility index (Phi) is 7.46. The molecule has 0 aromatic carbocycles. The van der Waals surface area contributed by atoms with E-state index in [4.69, 9.17) is 16.3 Å². The zero-order valence-electron chi connectivity index (χ0n) is 13.1. The van der Waals surface area contributed by atoms with E-state index in [1.54, 1.807) is 0 Å². The number of pyridine rings is 1. The Morgan fingerprint density at radius 2 is 2.36 bits per heavy atom. The fourth-order valence-electron chi connectivity index (χ4n) is 2.41. The summed E-state index contributed by atoms with van der Waals surface area (Å²) in [5, 5.41) is 7.14. The molecule has 1 aromatic heterocycles. The van der Waals surface area contributed by atoms with Gasteiger partial charge in [0, 0.05) is 32.4 Å². The fraction of sp³-hybridized carbons (Fsp3) is 0.625. The Morgan fingerprint density at radius 1 is 1.45 bits per heavy atom. The minimum absolute atomic E-state index is 0.395. The van der Waals surface area contributed by atoms with Crippen molar-refractivity contribution in [3.8, 4) is 0 Å². The number of ether oxygens (including phenoxy) is 1. The molecule has 6 heteroatoms. The van der Waals surface area contributed by atoms with Gasteiger partial charge in [-0.3, -0.25) is 4.99 Å². The molecule has 0 bridgehead atoms. The number of hydrogen-bond donors (Lipinski definition) is 2. The topological polar surface area (TPSA) is 58.5 Å². The van der Waals surface area contributed by atoms with Gasteiger partial charge in [0.15, 0.2) is 5.96 Å². The van der Waals surface area contributed by atoms with Crippen molar-refractivity contribution in [2.75, 3.05) is 26.2 Å². The largest absolute Gasteiger partial charge is 0.378 e. The molecule has 1 fully saturated rings. The molecule has 1 unspecified atom stereocenters. The zero-order chi connectivity index (χ0) is 15.6. The van der Waals surface area contributed by atoms with Gasteiger partial charge in [0.25, 0.3) is 0 Å². The predicted octanol–water partition coefficient (Wildman–Crippen LogP) is 2.40. The molecule has 0 spiro atoms. The van der Waals surface area contributed by atoms with Crippen LogP contribution in [0.2, 0.25) is 5.15 Å². The summed E-state index contributed by atoms with van der Waals surface area (Å²) in [6.45, 7) is 5.44. The molecule has 22 heavy (non-hydrogen) atoms. The van der Waals surface area contributed by atoms with Gasteiger partial charge in [0.05, 0.1) is 6.10 Å². The van der Waals surface area contributed by atoms with Crippen LogP contribution in [0.1, 0.15) is 31.7 Å². The molecule has 2 heterocycles. The summed E-state index contributed by atoms with van der Waals surface area (Å²) in [5.74, 6) is 0.863. The Balaban J connectivity index is 1.71. The van der Waals surface area contributed by atoms with E-state index in [1.807, 2.05) is 18.3 Å². The van der Waals surface area contributed by atoms with Crippen LogP contribution in [-0.2, 0) is 11.2 Å². The van der Waals surface area contributed by atoms with Gasteiger partial charge in [0.2, 0.25) is 0 Å². The monoisotopic (exact) mass is 324 g/mol. The maximum atomic E-state index is 5.78. The molecular formula is C16H25ClN4O. The Labute approximate surface area is 137 Å². The highest BCUT2D eigenvalue weighted by Crippen LogP contribution is 2.14. The van der Waals surface area contributed by atoms with Gasteiger partial charge >= 0.3 is 0 Å². The van der Waals surface area contributed by atoms with Crippen LogP contribution in [0.5, 0.6) is 0 Å². The summed E-state index contributed by atoms with van der Waals surface area (Å²) in [5.41, 5.74) is 1.16. The maximum absolute atomic E-state index is 5.78. The van der Waals surface area contributed by atoms with Gasteiger partial charge in [-0.2, -0.15) is 0 Å². The van der Waals surface area contributed by atoms with Gasteiger partial charge in [-0.1, -0.05) is 17.7 Å². The van der Waals surface area contributed by atoms with Crippen molar-refractivity contribution in [2.24, 2.45) is 4.99 Å². The van der Waals surface area contributed by atoms with Crippen LogP contribution in [0.4, 0.5) is 0 Å². The second kappa shape index (κ2) is 9.64. The van der Waals surface area contributed by atoms with Crippen LogP contribution in [0, 0.1) is 0 Å². The second-order valence-electron chi connectivity index (χ2n) is 5.35. The summed E-state index contributed by atoms with van der Waals surface area (Å²) >= 11 is 5.78. The molecule has 1 aromatic rings. The van der Waals surface area contributed by atoms with E-state index in [0.717, 1.165) is 50.6 Å². The first-order valence-electron chi connectivity index (χ1n) is 8.02. The van der Waals surface area contributed by atoms with Crippen molar-refractivity contribution in [1.29, 1.82) is 0 Å². The Hall–Kier alpha value is -1.33. The molecule has 5 nitrogen and oxygen atoms in total. The number of guanidine groups is 1. The number of hydrogen-bond acceptors (Lipinski definition) is 3. The molecule has 122 valence electrons. The zero-order valence-corrected chi connectivity index (χ0v) is 13.9. The predicted molar refractivity (Wildman–Crippen MR) is 90.5 cm³/mol. The quantitative estimate of drug-likeness (QED) is 0.459. The number of halogens is 1. The lowest BCUT2D eigenvalue weighted by Crippen LogP contribution is -2.38. The van der Waals surface area contributed by atoms with Gasteiger partial charge in [-0.25, -0.2) is 4.98 Å². The van der Waals surface area contributed by atoms with E-state index in [2.05, 4.69) is 27.5 Å². The van der Waals surface area contributed by atoms with E-state index >= 15 is 0 Å². The normalized spacial score (nSPS) is 18.5. The Morgan fingerprint density at radius 3 is 3.05 bits per heavy atom. The molecule has 2 N–H and O–H groups in total. The van der Waals surface area contributed by atoms with E-state index in [1.165, 1.54) is 12.8 Å². The van der Waals surface area contributed by atoms with E-state index < -0.39 is 0 Å². The first-order valence-corrected chi connectivity index (χ1v) is 8.40. The lowest BCUT2D eigenvalue weighted by atomic mass is 10.2. The minimum atomic E-state index is 0.395. The number of nitrogens with zero attached hydrogens (tertiary/aromatic N) is 2. The standard InChI is InChI=1S/C16H25ClN4O/c1-2-18-16(20-10-8-14-4-3-11-22-14)19-9-7-13-5-6-15(17)21-12-13/h5-6,12,14H,2-4,7-11H2,1H3,(H2,18,19,20). The Bertz CT molecular complexity index is 458. The molecule has 0 radical (unpaired) electrons. The highest BCUT2D eigenvalue weighted by Gasteiger charge is 2.14. The first kappa shape index (κ1) is 17.0. The van der Waals surface area contributed by atoms with Crippen molar-refractivity contribution in [1.82, 2.24) is 15.6 Å². The molecule has 1 atom stereocenters. The minimum Gasteiger partial charge on any atom is -0.378 e. The van der Waals surface area contributed by atoms with Gasteiger partial charge in [-0.15, -0.1) is 0 Å². The molecule has 1 aliphatic rings. The average Bonchev–Trinajstić information content (AvgIpc) is 3.02. The SMILES string of the molecule is CCNC(=NCCC1CCCO1)NCCc1ccc(Cl)nc1. The van der Waals surface area contributed by atoms with Gasteiger partial charge in [-0.05, 0) is 44.2 Å². The third-order valence-corrected chi connectivity index (χ3v) is 3.81. The average molecular weight is 325 g/mol. The third kappa shape index (κ3) is 6.20. The summed E-state index contributed by atoms with van der Waals surface area (Å²) in [6.07, 6.45) is 6.45. The van der Waals surface area contributed by atoms with E-state index in [-0.39, 0.29) is 0 Å². The van der Waals surface area contributed by atoms with Crippen molar-refractivity contribution in [3.63, 3.8) is 0 Å². The van der Waals surface area contributed by atoms with Crippen molar-refractivity contribution in [3.05, 3.63) is 29.0 Å². The van der Waals surface area contributed by atoms with Crippen LogP contribution >= 0.6 is 11.6 Å². The molecule has 0 amide bonds. The second-order valence-corrected chi connectivity index (χ2v) is 5.74. The van der Waals surface area contributed by atoms with Crippen LogP contribution in [0.25, 0.3) is 0 Å². The van der Waals surface area contributed by atoms with Crippen LogP contribution in [0.3, 0.4) is 0 Å². The number of nitrogens with one attached hydrogen (secondary N) is 2. The van der Waals surface area contributed by atoms with Crippen molar-refractivity contribution < 1.29 is 4.74 Å². The fourth-order valence-corrected chi connectivity index (χ4v) is 2.53. The molecule has 1 saturated heterocycles. The highest BCUT2D eigenvalue weighted by atomic mass is 35.5. The van der Waals surface area contributed by atoms with Crippen molar-refractivity contribution >= 4 is 17.6 Å². The number of aliphatic imine (C=N–C) groups is 1. The van der Waals surface area contributed by atoms with Crippen LogP contribution in [0.15, 0.2) is 23.3 Å². The summed E-state index contributed by atoms with van der Waals surface area (Å²) in [4.78, 5) is 8.68. The summed E-state index contributed by atoms with van der Waals surface area (Å²) in [7, 11) is 0.